The first-order chi connectivity index (χ1) is 9.31. The predicted octanol–water partition coefficient (Wildman–Crippen LogP) is 1.37. The molecule has 0 atom stereocenters. The van der Waals surface area contributed by atoms with Gasteiger partial charge in [-0.15, -0.1) is 0 Å². The van der Waals surface area contributed by atoms with Gasteiger partial charge < -0.3 is 9.84 Å². The summed E-state index contributed by atoms with van der Waals surface area (Å²) in [5, 5.41) is 9.31. The molecule has 110 valence electrons. The van der Waals surface area contributed by atoms with Crippen molar-refractivity contribution in [2.75, 3.05) is 13.2 Å². The van der Waals surface area contributed by atoms with Crippen LogP contribution in [-0.4, -0.2) is 37.5 Å². The van der Waals surface area contributed by atoms with Crippen molar-refractivity contribution in [1.29, 1.82) is 0 Å². The number of ether oxygens (including phenoxy) is 1. The highest BCUT2D eigenvalue weighted by Gasteiger charge is 2.52. The summed E-state index contributed by atoms with van der Waals surface area (Å²) in [6, 6.07) is 2.04. The van der Waals surface area contributed by atoms with Crippen LogP contribution in [0.5, 0.6) is 0 Å². The van der Waals surface area contributed by atoms with Gasteiger partial charge in [-0.2, -0.15) is 0 Å². The average molecular weight is 306 g/mol. The van der Waals surface area contributed by atoms with Crippen molar-refractivity contribution in [3.8, 4) is 0 Å². The molecule has 1 aromatic rings. The summed E-state index contributed by atoms with van der Waals surface area (Å²) >= 11 is 0. The lowest BCUT2D eigenvalue weighted by Crippen LogP contribution is -2.50. The average Bonchev–Trinajstić information content (AvgIpc) is 2.42. The first kappa shape index (κ1) is 14.9. The van der Waals surface area contributed by atoms with Crippen LogP contribution in [-0.2, 0) is 19.4 Å². The van der Waals surface area contributed by atoms with Crippen molar-refractivity contribution in [2.45, 2.75) is 22.5 Å². The normalized spacial score (nSPS) is 18.7. The van der Waals surface area contributed by atoms with E-state index in [-0.39, 0.29) is 26.1 Å². The second kappa shape index (κ2) is 5.10. The molecule has 0 bridgehead atoms. The second-order valence-corrected chi connectivity index (χ2v) is 6.75. The van der Waals surface area contributed by atoms with Gasteiger partial charge in [-0.25, -0.2) is 17.2 Å². The Morgan fingerprint density at radius 1 is 1.20 bits per heavy atom. The van der Waals surface area contributed by atoms with Gasteiger partial charge in [0.1, 0.15) is 0 Å². The monoisotopic (exact) mass is 306 g/mol. The summed E-state index contributed by atoms with van der Waals surface area (Å²) in [5.74, 6) is -4.04. The number of hydrogen-bond donors (Lipinski definition) is 1. The fraction of sp³-hybridized carbons (Fsp3) is 0.417. The van der Waals surface area contributed by atoms with Gasteiger partial charge in [-0.1, -0.05) is 0 Å². The fourth-order valence-corrected chi connectivity index (χ4v) is 4.06. The molecule has 0 radical (unpaired) electrons. The van der Waals surface area contributed by atoms with E-state index in [1.165, 1.54) is 0 Å². The van der Waals surface area contributed by atoms with Gasteiger partial charge in [0.25, 0.3) is 0 Å². The third-order valence-electron chi connectivity index (χ3n) is 3.41. The van der Waals surface area contributed by atoms with Gasteiger partial charge >= 0.3 is 5.97 Å². The first-order valence-corrected chi connectivity index (χ1v) is 7.30. The number of carboxylic acid groups (broad SMARTS) is 1. The highest BCUT2D eigenvalue weighted by molar-refractivity contribution is 7.93. The molecule has 1 aliphatic rings. The van der Waals surface area contributed by atoms with E-state index in [1.807, 2.05) is 0 Å². The van der Waals surface area contributed by atoms with E-state index in [0.29, 0.717) is 12.1 Å². The van der Waals surface area contributed by atoms with Crippen LogP contribution in [0.4, 0.5) is 8.78 Å². The summed E-state index contributed by atoms with van der Waals surface area (Å²) < 4.78 is 54.0. The number of halogens is 2. The van der Waals surface area contributed by atoms with E-state index in [1.54, 1.807) is 0 Å². The molecule has 0 spiro atoms. The van der Waals surface area contributed by atoms with Gasteiger partial charge in [-0.3, -0.25) is 4.79 Å². The molecule has 0 unspecified atom stereocenters. The minimum Gasteiger partial charge on any atom is -0.480 e. The maximum atomic E-state index is 13.2. The van der Waals surface area contributed by atoms with Crippen molar-refractivity contribution >= 4 is 15.8 Å². The molecule has 1 aromatic carbocycles. The molecule has 1 N–H and O–H groups in total. The third kappa shape index (κ3) is 2.18. The zero-order valence-corrected chi connectivity index (χ0v) is 11.1. The molecular weight excluding hydrogens is 294 g/mol. The van der Waals surface area contributed by atoms with Gasteiger partial charge in [0.05, 0.1) is 4.90 Å². The van der Waals surface area contributed by atoms with Crippen molar-refractivity contribution in [2.24, 2.45) is 0 Å². The molecule has 20 heavy (non-hydrogen) atoms. The van der Waals surface area contributed by atoms with Crippen LogP contribution < -0.4 is 0 Å². The van der Waals surface area contributed by atoms with Crippen LogP contribution in [0.2, 0.25) is 0 Å². The molecule has 0 amide bonds. The summed E-state index contributed by atoms with van der Waals surface area (Å²) in [6.07, 6.45) is -0.465. The zero-order valence-electron chi connectivity index (χ0n) is 10.3. The summed E-state index contributed by atoms with van der Waals surface area (Å²) in [7, 11) is -4.35. The number of carbonyl (C=O) groups is 1. The zero-order chi connectivity index (χ0) is 15.0. The SMILES string of the molecule is O=C(O)C1(S(=O)(=O)c2ccc(F)c(F)c2)CCOCC1. The Kier molecular flexibility index (Phi) is 3.79. The molecule has 0 aromatic heterocycles. The summed E-state index contributed by atoms with van der Waals surface area (Å²) in [6.45, 7) is -0.0373. The van der Waals surface area contributed by atoms with Crippen LogP contribution in [0, 0.1) is 11.6 Å². The molecule has 0 aliphatic carbocycles. The highest BCUT2D eigenvalue weighted by atomic mass is 32.2. The Hall–Kier alpha value is -1.54. The summed E-state index contributed by atoms with van der Waals surface area (Å²) in [4.78, 5) is 10.9. The third-order valence-corrected chi connectivity index (χ3v) is 5.89. The van der Waals surface area contributed by atoms with Crippen molar-refractivity contribution in [1.82, 2.24) is 0 Å². The van der Waals surface area contributed by atoms with E-state index < -0.39 is 37.1 Å². The standard InChI is InChI=1S/C12H12F2O5S/c13-9-2-1-8(7-10(9)14)20(17,18)12(11(15)16)3-5-19-6-4-12/h1-2,7H,3-6H2,(H,15,16). The maximum absolute atomic E-state index is 13.2. The van der Waals surface area contributed by atoms with E-state index in [9.17, 15) is 27.1 Å². The van der Waals surface area contributed by atoms with Gasteiger partial charge in [0.15, 0.2) is 26.2 Å². The number of aliphatic carboxylic acids is 1. The van der Waals surface area contributed by atoms with E-state index in [2.05, 4.69) is 0 Å². The number of benzene rings is 1. The smallest absolute Gasteiger partial charge is 0.325 e. The lowest BCUT2D eigenvalue weighted by atomic mass is 9.99. The van der Waals surface area contributed by atoms with E-state index in [4.69, 9.17) is 4.74 Å². The van der Waals surface area contributed by atoms with Crippen LogP contribution >= 0.6 is 0 Å². The molecule has 1 fully saturated rings. The number of rotatable bonds is 3. The van der Waals surface area contributed by atoms with Crippen molar-refractivity contribution < 1.29 is 31.8 Å². The lowest BCUT2D eigenvalue weighted by Gasteiger charge is -2.32. The predicted molar refractivity (Wildman–Crippen MR) is 64.0 cm³/mol. The molecule has 1 aliphatic heterocycles. The van der Waals surface area contributed by atoms with Crippen LogP contribution in [0.25, 0.3) is 0 Å². The molecule has 5 nitrogen and oxygen atoms in total. The molecular formula is C12H12F2O5S. The largest absolute Gasteiger partial charge is 0.480 e. The highest BCUT2D eigenvalue weighted by Crippen LogP contribution is 2.35. The minimum atomic E-state index is -4.35. The number of hydrogen-bond acceptors (Lipinski definition) is 4. The minimum absolute atomic E-state index is 0.0186. The molecule has 0 saturated carbocycles. The molecule has 2 rings (SSSR count). The van der Waals surface area contributed by atoms with Gasteiger partial charge in [0, 0.05) is 26.1 Å². The van der Waals surface area contributed by atoms with Gasteiger partial charge in [0.2, 0.25) is 0 Å². The van der Waals surface area contributed by atoms with Gasteiger partial charge in [-0.05, 0) is 18.2 Å². The Balaban J connectivity index is 2.56. The Bertz CT molecular complexity index is 635. The fourth-order valence-electron chi connectivity index (χ4n) is 2.17. The Morgan fingerprint density at radius 2 is 1.80 bits per heavy atom. The Morgan fingerprint density at radius 3 is 2.30 bits per heavy atom. The van der Waals surface area contributed by atoms with Crippen molar-refractivity contribution in [3.05, 3.63) is 29.8 Å². The number of carboxylic acids is 1. The Labute approximate surface area is 114 Å². The quantitative estimate of drug-likeness (QED) is 0.853. The van der Waals surface area contributed by atoms with Crippen LogP contribution in [0.15, 0.2) is 23.1 Å². The first-order valence-electron chi connectivity index (χ1n) is 5.82. The maximum Gasteiger partial charge on any atom is 0.325 e. The molecule has 1 heterocycles. The molecule has 8 heteroatoms. The second-order valence-electron chi connectivity index (χ2n) is 4.49. The van der Waals surface area contributed by atoms with E-state index >= 15 is 0 Å². The number of sulfone groups is 1. The van der Waals surface area contributed by atoms with Crippen LogP contribution in [0.3, 0.4) is 0 Å². The van der Waals surface area contributed by atoms with Crippen molar-refractivity contribution in [3.63, 3.8) is 0 Å². The van der Waals surface area contributed by atoms with Crippen LogP contribution in [0.1, 0.15) is 12.8 Å². The lowest BCUT2D eigenvalue weighted by molar-refractivity contribution is -0.142. The topological polar surface area (TPSA) is 80.7 Å². The van der Waals surface area contributed by atoms with E-state index in [0.717, 1.165) is 6.07 Å². The molecule has 1 saturated heterocycles. The summed E-state index contributed by atoms with van der Waals surface area (Å²) in [5.41, 5.74) is 0.